The number of aromatic amines is 1. The maximum atomic E-state index is 14.3. The summed E-state index contributed by atoms with van der Waals surface area (Å²) in [4.78, 5) is 7.77. The zero-order valence-electron chi connectivity index (χ0n) is 13.9. The summed E-state index contributed by atoms with van der Waals surface area (Å²) in [5.41, 5.74) is 10.4. The first kappa shape index (κ1) is 15.8. The topological polar surface area (TPSA) is 54.7 Å². The molecule has 2 aromatic carbocycles. The highest BCUT2D eigenvalue weighted by atomic mass is 19.1. The lowest BCUT2D eigenvalue weighted by molar-refractivity contribution is 0.637. The Bertz CT molecular complexity index is 1030. The van der Waals surface area contributed by atoms with Crippen LogP contribution in [-0.2, 0) is 6.42 Å². The molecule has 0 radical (unpaired) electrons. The average molecular weight is 333 g/mol. The summed E-state index contributed by atoms with van der Waals surface area (Å²) < 4.78 is 14.3. The minimum absolute atomic E-state index is 0.220. The van der Waals surface area contributed by atoms with Gasteiger partial charge in [-0.3, -0.25) is 4.98 Å². The lowest BCUT2D eigenvalue weighted by atomic mass is 9.98. The number of nitrogens with one attached hydrogen (secondary N) is 1. The number of aromatic nitrogens is 2. The number of hydrogen-bond acceptors (Lipinski definition) is 2. The highest BCUT2D eigenvalue weighted by molar-refractivity contribution is 5.99. The molecule has 2 heterocycles. The minimum Gasteiger partial charge on any atom is -0.352 e. The fourth-order valence-corrected chi connectivity index (χ4v) is 3.49. The van der Waals surface area contributed by atoms with Gasteiger partial charge in [0.05, 0.1) is 16.7 Å². The number of fused-ring (bicyclic) bond motifs is 2. The number of H-pyrrole nitrogens is 1. The third-order valence-corrected chi connectivity index (χ3v) is 4.69. The molecule has 0 bridgehead atoms. The number of aryl methyl sites for hydroxylation is 1. The number of halogens is 1. The van der Waals surface area contributed by atoms with E-state index in [1.807, 2.05) is 24.3 Å². The van der Waals surface area contributed by atoms with E-state index < -0.39 is 0 Å². The van der Waals surface area contributed by atoms with Gasteiger partial charge in [0.25, 0.3) is 0 Å². The molecule has 126 valence electrons. The van der Waals surface area contributed by atoms with Gasteiger partial charge >= 0.3 is 0 Å². The van der Waals surface area contributed by atoms with Crippen LogP contribution in [0, 0.1) is 5.82 Å². The molecule has 0 saturated heterocycles. The first-order chi connectivity index (χ1) is 12.3. The number of nitrogens with zero attached hydrogens (tertiary/aromatic N) is 1. The molecule has 0 saturated carbocycles. The van der Waals surface area contributed by atoms with E-state index in [0.29, 0.717) is 12.1 Å². The van der Waals surface area contributed by atoms with Crippen LogP contribution >= 0.6 is 0 Å². The molecule has 0 aliphatic carbocycles. The summed E-state index contributed by atoms with van der Waals surface area (Å²) in [5, 5.41) is 2.02. The zero-order valence-corrected chi connectivity index (χ0v) is 13.9. The van der Waals surface area contributed by atoms with Crippen LogP contribution in [0.25, 0.3) is 33.1 Å². The van der Waals surface area contributed by atoms with Gasteiger partial charge in [-0.1, -0.05) is 30.3 Å². The van der Waals surface area contributed by atoms with E-state index in [1.165, 1.54) is 6.07 Å². The van der Waals surface area contributed by atoms with Crippen molar-refractivity contribution in [3.05, 3.63) is 66.1 Å². The average Bonchev–Trinajstić information content (AvgIpc) is 3.01. The molecule has 0 spiro atoms. The monoisotopic (exact) mass is 333 g/mol. The number of hydrogen-bond donors (Lipinski definition) is 2. The fraction of sp³-hybridized carbons (Fsp3) is 0.190. The van der Waals surface area contributed by atoms with Gasteiger partial charge in [0.2, 0.25) is 0 Å². The molecule has 2 aromatic heterocycles. The lowest BCUT2D eigenvalue weighted by Crippen LogP contribution is -1.99. The largest absolute Gasteiger partial charge is 0.352 e. The predicted molar refractivity (Wildman–Crippen MR) is 101 cm³/mol. The van der Waals surface area contributed by atoms with Gasteiger partial charge in [-0.25, -0.2) is 4.39 Å². The second-order valence-corrected chi connectivity index (χ2v) is 6.26. The predicted octanol–water partition coefficient (Wildman–Crippen LogP) is 4.80. The van der Waals surface area contributed by atoms with Crippen molar-refractivity contribution in [3.63, 3.8) is 0 Å². The van der Waals surface area contributed by atoms with Crippen molar-refractivity contribution >= 4 is 21.8 Å². The van der Waals surface area contributed by atoms with Gasteiger partial charge in [0.1, 0.15) is 5.82 Å². The molecule has 0 aliphatic heterocycles. The summed E-state index contributed by atoms with van der Waals surface area (Å²) in [7, 11) is 0. The van der Waals surface area contributed by atoms with Crippen LogP contribution in [0.15, 0.2) is 54.7 Å². The van der Waals surface area contributed by atoms with Gasteiger partial charge in [-0.15, -0.1) is 0 Å². The first-order valence-corrected chi connectivity index (χ1v) is 8.63. The lowest BCUT2D eigenvalue weighted by Gasteiger charge is -2.08. The third kappa shape index (κ3) is 2.79. The van der Waals surface area contributed by atoms with Crippen molar-refractivity contribution in [1.82, 2.24) is 9.97 Å². The van der Waals surface area contributed by atoms with E-state index in [2.05, 4.69) is 22.1 Å². The Kier molecular flexibility index (Phi) is 4.20. The van der Waals surface area contributed by atoms with Crippen molar-refractivity contribution in [1.29, 1.82) is 0 Å². The second kappa shape index (κ2) is 6.65. The van der Waals surface area contributed by atoms with Crippen LogP contribution in [0.2, 0.25) is 0 Å². The Morgan fingerprint density at radius 2 is 1.80 bits per heavy atom. The number of unbranched alkanes of at least 4 members (excludes halogenated alkanes) is 1. The molecule has 0 amide bonds. The van der Waals surface area contributed by atoms with Crippen LogP contribution in [0.5, 0.6) is 0 Å². The van der Waals surface area contributed by atoms with Crippen molar-refractivity contribution in [2.24, 2.45) is 5.73 Å². The van der Waals surface area contributed by atoms with E-state index in [4.69, 9.17) is 5.73 Å². The van der Waals surface area contributed by atoms with Crippen LogP contribution in [0.3, 0.4) is 0 Å². The Hall–Kier alpha value is -2.72. The Balaban J connectivity index is 1.96. The van der Waals surface area contributed by atoms with Crippen molar-refractivity contribution in [2.45, 2.75) is 19.3 Å². The molecule has 3 N–H and O–H groups in total. The molecule has 3 nitrogen and oxygen atoms in total. The molecule has 0 atom stereocenters. The quantitative estimate of drug-likeness (QED) is 0.515. The summed E-state index contributed by atoms with van der Waals surface area (Å²) in [6, 6.07) is 15.3. The summed E-state index contributed by atoms with van der Waals surface area (Å²) >= 11 is 0. The van der Waals surface area contributed by atoms with E-state index in [9.17, 15) is 4.39 Å². The fourth-order valence-electron chi connectivity index (χ4n) is 3.49. The second-order valence-electron chi connectivity index (χ2n) is 6.26. The third-order valence-electron chi connectivity index (χ3n) is 4.69. The Morgan fingerprint density at radius 3 is 2.68 bits per heavy atom. The molecule has 4 aromatic rings. The van der Waals surface area contributed by atoms with E-state index >= 15 is 0 Å². The molecule has 0 aliphatic rings. The molecule has 0 fully saturated rings. The number of benzene rings is 2. The normalized spacial score (nSPS) is 11.4. The van der Waals surface area contributed by atoms with Gasteiger partial charge in [-0.05, 0) is 49.6 Å². The van der Waals surface area contributed by atoms with Crippen LogP contribution in [0.4, 0.5) is 4.39 Å². The van der Waals surface area contributed by atoms with Gasteiger partial charge < -0.3 is 10.7 Å². The number of rotatable bonds is 5. The van der Waals surface area contributed by atoms with Gasteiger partial charge in [0, 0.05) is 22.5 Å². The van der Waals surface area contributed by atoms with E-state index in [0.717, 1.165) is 52.4 Å². The molecule has 25 heavy (non-hydrogen) atoms. The Labute approximate surface area is 145 Å². The SMILES string of the molecule is NCCCCc1c(-c2cccc3ncccc23)[nH]c2c(F)cccc12. The summed E-state index contributed by atoms with van der Waals surface area (Å²) in [6.45, 7) is 0.671. The molecule has 4 rings (SSSR count). The highest BCUT2D eigenvalue weighted by Gasteiger charge is 2.16. The number of nitrogens with two attached hydrogens (primary N) is 1. The van der Waals surface area contributed by atoms with Crippen LogP contribution in [-0.4, -0.2) is 16.5 Å². The minimum atomic E-state index is -0.220. The Morgan fingerprint density at radius 1 is 0.960 bits per heavy atom. The molecule has 0 unspecified atom stereocenters. The van der Waals surface area contributed by atoms with Crippen molar-refractivity contribution in [3.8, 4) is 11.3 Å². The zero-order chi connectivity index (χ0) is 17.2. The van der Waals surface area contributed by atoms with Crippen LogP contribution in [0.1, 0.15) is 18.4 Å². The highest BCUT2D eigenvalue weighted by Crippen LogP contribution is 2.35. The van der Waals surface area contributed by atoms with Crippen molar-refractivity contribution < 1.29 is 4.39 Å². The number of para-hydroxylation sites is 1. The molecular formula is C21H20FN3. The smallest absolute Gasteiger partial charge is 0.147 e. The van der Waals surface area contributed by atoms with Gasteiger partial charge in [0.15, 0.2) is 0 Å². The van der Waals surface area contributed by atoms with Crippen molar-refractivity contribution in [2.75, 3.05) is 6.54 Å². The van der Waals surface area contributed by atoms with E-state index in [-0.39, 0.29) is 5.82 Å². The van der Waals surface area contributed by atoms with Gasteiger partial charge in [-0.2, -0.15) is 0 Å². The first-order valence-electron chi connectivity index (χ1n) is 8.63. The number of pyridine rings is 1. The maximum Gasteiger partial charge on any atom is 0.147 e. The molecule has 4 heteroatoms. The standard InChI is InChI=1S/C21H20FN3/c22-18-10-3-7-17-16(6-1-2-12-23)20(25-21(17)18)15-8-4-11-19-14(15)9-5-13-24-19/h3-5,7-11,13,25H,1-2,6,12,23H2. The van der Waals surface area contributed by atoms with Crippen LogP contribution < -0.4 is 5.73 Å². The maximum absolute atomic E-state index is 14.3. The summed E-state index contributed by atoms with van der Waals surface area (Å²) in [6.07, 6.45) is 4.60. The molecular weight excluding hydrogens is 313 g/mol. The summed E-state index contributed by atoms with van der Waals surface area (Å²) in [5.74, 6) is -0.220. The van der Waals surface area contributed by atoms with E-state index in [1.54, 1.807) is 12.3 Å².